The Morgan fingerprint density at radius 1 is 1.10 bits per heavy atom. The first kappa shape index (κ1) is 13.8. The molecule has 2 aromatic rings. The molecule has 0 bridgehead atoms. The summed E-state index contributed by atoms with van der Waals surface area (Å²) in [6, 6.07) is 17.7. The lowest BCUT2D eigenvalue weighted by Crippen LogP contribution is -2.13. The van der Waals surface area contributed by atoms with Gasteiger partial charge in [-0.1, -0.05) is 42.5 Å². The fourth-order valence-corrected chi connectivity index (χ4v) is 2.78. The van der Waals surface area contributed by atoms with Crippen LogP contribution in [-0.4, -0.2) is 16.9 Å². The first-order chi connectivity index (χ1) is 10.2. The fraction of sp³-hybridized carbons (Fsp3) is 0.278. The van der Waals surface area contributed by atoms with Gasteiger partial charge in [-0.2, -0.15) is 0 Å². The maximum atomic E-state index is 10.4. The molecule has 0 fully saturated rings. The Balaban J connectivity index is 1.68. The Hall–Kier alpha value is -2.13. The molecule has 2 atom stereocenters. The Morgan fingerprint density at radius 3 is 2.52 bits per heavy atom. The van der Waals surface area contributed by atoms with E-state index in [0.29, 0.717) is 0 Å². The topological polar surface area (TPSA) is 58.6 Å². The molecule has 21 heavy (non-hydrogen) atoms. The summed E-state index contributed by atoms with van der Waals surface area (Å²) in [7, 11) is 0. The first-order valence-electron chi connectivity index (χ1n) is 7.35. The summed E-state index contributed by atoms with van der Waals surface area (Å²) < 4.78 is 0. The van der Waals surface area contributed by atoms with Gasteiger partial charge in [0.2, 0.25) is 0 Å². The van der Waals surface area contributed by atoms with Crippen molar-refractivity contribution in [3.05, 3.63) is 65.7 Å². The second-order valence-corrected chi connectivity index (χ2v) is 5.58. The van der Waals surface area contributed by atoms with Crippen molar-refractivity contribution in [2.24, 2.45) is 4.99 Å². The minimum Gasteiger partial charge on any atom is -0.399 e. The molecule has 0 aromatic heterocycles. The minimum atomic E-state index is -0.505. The monoisotopic (exact) mass is 280 g/mol. The number of rotatable bonds is 4. The zero-order valence-corrected chi connectivity index (χ0v) is 11.9. The summed E-state index contributed by atoms with van der Waals surface area (Å²) in [6.45, 7) is 0. The molecule has 3 rings (SSSR count). The van der Waals surface area contributed by atoms with Crippen LogP contribution in [0.1, 0.15) is 30.1 Å². The van der Waals surface area contributed by atoms with Gasteiger partial charge in [0.15, 0.2) is 0 Å². The zero-order chi connectivity index (χ0) is 14.7. The first-order valence-corrected chi connectivity index (χ1v) is 7.35. The number of benzene rings is 2. The SMILES string of the molecule is Nc1ccc(CC2=N[C@@H](C(O)c3ccccc3)CC2)cc1. The Labute approximate surface area is 125 Å². The van der Waals surface area contributed by atoms with Crippen LogP contribution in [0, 0.1) is 0 Å². The number of aliphatic hydroxyl groups excluding tert-OH is 1. The van der Waals surface area contributed by atoms with Crippen LogP contribution in [0.2, 0.25) is 0 Å². The average molecular weight is 280 g/mol. The Kier molecular flexibility index (Phi) is 4.02. The number of nitrogens with two attached hydrogens (primary N) is 1. The molecule has 3 nitrogen and oxygen atoms in total. The summed E-state index contributed by atoms with van der Waals surface area (Å²) >= 11 is 0. The maximum absolute atomic E-state index is 10.4. The van der Waals surface area contributed by atoms with Crippen LogP contribution >= 0.6 is 0 Å². The number of aliphatic hydroxyl groups is 1. The largest absolute Gasteiger partial charge is 0.399 e. The number of nitrogen functional groups attached to an aromatic ring is 1. The molecule has 0 spiro atoms. The van der Waals surface area contributed by atoms with E-state index < -0.39 is 6.10 Å². The molecule has 2 aromatic carbocycles. The van der Waals surface area contributed by atoms with E-state index in [4.69, 9.17) is 10.7 Å². The highest BCUT2D eigenvalue weighted by Gasteiger charge is 2.25. The Bertz CT molecular complexity index is 619. The number of aliphatic imine (C=N–C) groups is 1. The summed E-state index contributed by atoms with van der Waals surface area (Å²) in [5, 5.41) is 10.4. The normalized spacial score (nSPS) is 19.3. The molecule has 0 saturated heterocycles. The molecule has 1 heterocycles. The second kappa shape index (κ2) is 6.10. The molecule has 1 unspecified atom stereocenters. The number of hydrogen-bond donors (Lipinski definition) is 2. The second-order valence-electron chi connectivity index (χ2n) is 5.58. The average Bonchev–Trinajstić information content (AvgIpc) is 2.98. The van der Waals surface area contributed by atoms with Crippen LogP contribution < -0.4 is 5.73 Å². The van der Waals surface area contributed by atoms with Gasteiger partial charge in [-0.25, -0.2) is 0 Å². The summed E-state index contributed by atoms with van der Waals surface area (Å²) in [4.78, 5) is 4.72. The van der Waals surface area contributed by atoms with Crippen LogP contribution in [0.15, 0.2) is 59.6 Å². The molecule has 0 saturated carbocycles. The van der Waals surface area contributed by atoms with E-state index in [1.807, 2.05) is 54.6 Å². The molecule has 1 aliphatic rings. The predicted octanol–water partition coefficient (Wildman–Crippen LogP) is 3.15. The lowest BCUT2D eigenvalue weighted by molar-refractivity contribution is 0.147. The van der Waals surface area contributed by atoms with Gasteiger partial charge in [-0.15, -0.1) is 0 Å². The quantitative estimate of drug-likeness (QED) is 0.845. The molecule has 3 N–H and O–H groups in total. The highest BCUT2D eigenvalue weighted by atomic mass is 16.3. The van der Waals surface area contributed by atoms with Gasteiger partial charge in [0.05, 0.1) is 6.04 Å². The van der Waals surface area contributed by atoms with E-state index in [9.17, 15) is 5.11 Å². The van der Waals surface area contributed by atoms with Crippen molar-refractivity contribution in [3.63, 3.8) is 0 Å². The molecule has 1 aliphatic heterocycles. The van der Waals surface area contributed by atoms with Crippen molar-refractivity contribution in [1.82, 2.24) is 0 Å². The summed E-state index contributed by atoms with van der Waals surface area (Å²) in [6.07, 6.45) is 2.22. The van der Waals surface area contributed by atoms with Crippen LogP contribution in [-0.2, 0) is 6.42 Å². The summed E-state index contributed by atoms with van der Waals surface area (Å²) in [5.74, 6) is 0. The smallest absolute Gasteiger partial charge is 0.101 e. The number of hydrogen-bond acceptors (Lipinski definition) is 3. The van der Waals surface area contributed by atoms with Crippen molar-refractivity contribution in [1.29, 1.82) is 0 Å². The van der Waals surface area contributed by atoms with E-state index in [-0.39, 0.29) is 6.04 Å². The van der Waals surface area contributed by atoms with Crippen LogP contribution in [0.4, 0.5) is 5.69 Å². The van der Waals surface area contributed by atoms with E-state index in [1.54, 1.807) is 0 Å². The van der Waals surface area contributed by atoms with Crippen molar-refractivity contribution in [3.8, 4) is 0 Å². The standard InChI is InChI=1S/C18H20N2O/c19-15-8-6-13(7-9-15)12-16-10-11-17(20-16)18(21)14-4-2-1-3-5-14/h1-9,17-18,21H,10-12,19H2/t17-,18?/m1/s1. The third kappa shape index (κ3) is 3.31. The number of nitrogens with zero attached hydrogens (tertiary/aromatic N) is 1. The molecular formula is C18H20N2O. The molecule has 0 aliphatic carbocycles. The predicted molar refractivity (Wildman–Crippen MR) is 86.4 cm³/mol. The van der Waals surface area contributed by atoms with E-state index >= 15 is 0 Å². The zero-order valence-electron chi connectivity index (χ0n) is 11.9. The van der Waals surface area contributed by atoms with Gasteiger partial charge in [-0.05, 0) is 36.1 Å². The van der Waals surface area contributed by atoms with E-state index in [1.165, 1.54) is 11.3 Å². The highest BCUT2D eigenvalue weighted by molar-refractivity contribution is 5.88. The summed E-state index contributed by atoms with van der Waals surface area (Å²) in [5.41, 5.74) is 9.81. The van der Waals surface area contributed by atoms with Crippen LogP contribution in [0.5, 0.6) is 0 Å². The van der Waals surface area contributed by atoms with E-state index in [2.05, 4.69) is 0 Å². The van der Waals surface area contributed by atoms with Gasteiger partial charge in [0, 0.05) is 17.8 Å². The molecule has 0 amide bonds. The third-order valence-electron chi connectivity index (χ3n) is 3.97. The van der Waals surface area contributed by atoms with Crippen molar-refractivity contribution < 1.29 is 5.11 Å². The lowest BCUT2D eigenvalue weighted by Gasteiger charge is -2.15. The van der Waals surface area contributed by atoms with Gasteiger partial charge < -0.3 is 10.8 Å². The van der Waals surface area contributed by atoms with Crippen LogP contribution in [0.3, 0.4) is 0 Å². The van der Waals surface area contributed by atoms with Crippen molar-refractivity contribution in [2.45, 2.75) is 31.4 Å². The molecular weight excluding hydrogens is 260 g/mol. The molecule has 3 heteroatoms. The van der Waals surface area contributed by atoms with Gasteiger partial charge >= 0.3 is 0 Å². The minimum absolute atomic E-state index is 0.0174. The highest BCUT2D eigenvalue weighted by Crippen LogP contribution is 2.27. The van der Waals surface area contributed by atoms with Crippen molar-refractivity contribution in [2.75, 3.05) is 5.73 Å². The van der Waals surface area contributed by atoms with Gasteiger partial charge in [-0.3, -0.25) is 4.99 Å². The molecule has 108 valence electrons. The van der Waals surface area contributed by atoms with Crippen molar-refractivity contribution >= 4 is 11.4 Å². The molecule has 0 radical (unpaired) electrons. The van der Waals surface area contributed by atoms with E-state index in [0.717, 1.165) is 30.5 Å². The maximum Gasteiger partial charge on any atom is 0.101 e. The lowest BCUT2D eigenvalue weighted by atomic mass is 10.00. The van der Waals surface area contributed by atoms with Crippen LogP contribution in [0.25, 0.3) is 0 Å². The Morgan fingerprint density at radius 2 is 1.81 bits per heavy atom. The van der Waals surface area contributed by atoms with Gasteiger partial charge in [0.25, 0.3) is 0 Å². The third-order valence-corrected chi connectivity index (χ3v) is 3.97. The van der Waals surface area contributed by atoms with Gasteiger partial charge in [0.1, 0.15) is 6.10 Å². The fourth-order valence-electron chi connectivity index (χ4n) is 2.78. The number of anilines is 1.